The molecule has 3 heterocycles. The Bertz CT molecular complexity index is 1170. The molecular weight excluding hydrogens is 398 g/mol. The van der Waals surface area contributed by atoms with Crippen molar-refractivity contribution in [1.29, 1.82) is 0 Å². The fourth-order valence-corrected chi connectivity index (χ4v) is 4.72. The van der Waals surface area contributed by atoms with Gasteiger partial charge in [-0.25, -0.2) is 4.98 Å². The predicted octanol–water partition coefficient (Wildman–Crippen LogP) is 3.38. The summed E-state index contributed by atoms with van der Waals surface area (Å²) in [4.78, 5) is 45.7. The number of aromatic amines is 1. The number of nitrogens with one attached hydrogen (secondary N) is 2. The molecule has 1 aliphatic rings. The van der Waals surface area contributed by atoms with Gasteiger partial charge in [0, 0.05) is 10.4 Å². The van der Waals surface area contributed by atoms with E-state index in [0.29, 0.717) is 32.4 Å². The van der Waals surface area contributed by atoms with Gasteiger partial charge in [-0.1, -0.05) is 11.8 Å². The number of aromatic nitrogens is 2. The molecule has 144 valence electrons. The number of rotatable bonds is 4. The van der Waals surface area contributed by atoms with Crippen molar-refractivity contribution >= 4 is 50.7 Å². The largest absolute Gasteiger partial charge is 0.479 e. The third-order valence-corrected chi connectivity index (χ3v) is 6.29. The van der Waals surface area contributed by atoms with E-state index in [0.717, 1.165) is 4.88 Å². The molecule has 0 spiro atoms. The van der Waals surface area contributed by atoms with E-state index >= 15 is 0 Å². The van der Waals surface area contributed by atoms with Crippen LogP contribution in [-0.4, -0.2) is 33.0 Å². The van der Waals surface area contributed by atoms with Gasteiger partial charge in [0.1, 0.15) is 10.6 Å². The van der Waals surface area contributed by atoms with Gasteiger partial charge in [-0.3, -0.25) is 14.4 Å². The number of H-pyrrole nitrogens is 1. The topological polar surface area (TPSA) is 101 Å². The van der Waals surface area contributed by atoms with Gasteiger partial charge in [0.15, 0.2) is 17.0 Å². The number of hydrogen-bond donors (Lipinski definition) is 2. The first kappa shape index (κ1) is 18.7. The Hall–Kier alpha value is -2.65. The first-order valence-corrected chi connectivity index (χ1v) is 10.3. The minimum absolute atomic E-state index is 0.134. The van der Waals surface area contributed by atoms with Gasteiger partial charge in [-0.15, -0.1) is 11.3 Å². The number of benzene rings is 1. The molecule has 0 saturated heterocycles. The fourth-order valence-electron chi connectivity index (χ4n) is 2.91. The number of nitrogens with zero attached hydrogens (tertiary/aromatic N) is 1. The van der Waals surface area contributed by atoms with Crippen molar-refractivity contribution in [2.75, 3.05) is 5.32 Å². The van der Waals surface area contributed by atoms with Gasteiger partial charge in [-0.05, 0) is 45.0 Å². The summed E-state index contributed by atoms with van der Waals surface area (Å²) in [6, 6.07) is 6.76. The van der Waals surface area contributed by atoms with Crippen molar-refractivity contribution in [2.24, 2.45) is 0 Å². The molecule has 2 atom stereocenters. The Morgan fingerprint density at radius 2 is 2.11 bits per heavy atom. The van der Waals surface area contributed by atoms with Crippen molar-refractivity contribution in [3.63, 3.8) is 0 Å². The highest BCUT2D eigenvalue weighted by molar-refractivity contribution is 8.00. The molecule has 1 aliphatic heterocycles. The second kappa shape index (κ2) is 7.06. The molecule has 0 saturated carbocycles. The first-order chi connectivity index (χ1) is 13.3. The zero-order chi connectivity index (χ0) is 20.0. The van der Waals surface area contributed by atoms with Crippen molar-refractivity contribution in [1.82, 2.24) is 9.97 Å². The standard InChI is InChI=1S/C19H17N3O4S2/c1-8-6-12-17(25)21-19(22-18(12)27-8)28-10(3)15(23)11-4-5-14-13(7-11)20-16(24)9(2)26-14/h4-7,9-10H,1-3H3,(H,20,24)(H,21,22,25). The normalized spacial score (nSPS) is 17.0. The third kappa shape index (κ3) is 3.43. The van der Waals surface area contributed by atoms with E-state index in [4.69, 9.17) is 4.74 Å². The lowest BCUT2D eigenvalue weighted by atomic mass is 10.1. The van der Waals surface area contributed by atoms with Crippen molar-refractivity contribution in [3.05, 3.63) is 45.1 Å². The summed E-state index contributed by atoms with van der Waals surface area (Å²) < 4.78 is 5.51. The molecule has 0 fully saturated rings. The van der Waals surface area contributed by atoms with Crippen LogP contribution in [0.25, 0.3) is 10.2 Å². The van der Waals surface area contributed by atoms with Gasteiger partial charge in [0.05, 0.1) is 16.3 Å². The van der Waals surface area contributed by atoms with Crippen LogP contribution in [0.5, 0.6) is 5.75 Å². The maximum Gasteiger partial charge on any atom is 0.265 e. The highest BCUT2D eigenvalue weighted by Crippen LogP contribution is 2.32. The van der Waals surface area contributed by atoms with E-state index in [9.17, 15) is 14.4 Å². The van der Waals surface area contributed by atoms with E-state index in [1.807, 2.05) is 6.92 Å². The van der Waals surface area contributed by atoms with E-state index in [1.165, 1.54) is 23.1 Å². The average Bonchev–Trinajstić information content (AvgIpc) is 3.02. The van der Waals surface area contributed by atoms with Gasteiger partial charge < -0.3 is 15.0 Å². The molecule has 0 radical (unpaired) electrons. The molecule has 2 unspecified atom stereocenters. The van der Waals surface area contributed by atoms with Gasteiger partial charge in [-0.2, -0.15) is 0 Å². The number of ketones is 1. The lowest BCUT2D eigenvalue weighted by Crippen LogP contribution is -2.34. The summed E-state index contributed by atoms with van der Waals surface area (Å²) in [7, 11) is 0. The summed E-state index contributed by atoms with van der Waals surface area (Å²) in [6.07, 6.45) is -0.567. The lowest BCUT2D eigenvalue weighted by Gasteiger charge is -2.23. The molecule has 2 N–H and O–H groups in total. The number of Topliss-reactive ketones (excluding diaryl/α,β-unsaturated/α-hetero) is 1. The molecule has 28 heavy (non-hydrogen) atoms. The van der Waals surface area contributed by atoms with Crippen LogP contribution in [0.4, 0.5) is 5.69 Å². The van der Waals surface area contributed by atoms with Gasteiger partial charge >= 0.3 is 0 Å². The maximum absolute atomic E-state index is 12.8. The van der Waals surface area contributed by atoms with Crippen LogP contribution < -0.4 is 15.6 Å². The molecule has 9 heteroatoms. The van der Waals surface area contributed by atoms with Crippen LogP contribution in [0.3, 0.4) is 0 Å². The van der Waals surface area contributed by atoms with Crippen LogP contribution in [-0.2, 0) is 4.79 Å². The number of anilines is 1. The lowest BCUT2D eigenvalue weighted by molar-refractivity contribution is -0.122. The summed E-state index contributed by atoms with van der Waals surface area (Å²) in [6.45, 7) is 5.34. The molecule has 4 rings (SSSR count). The Balaban J connectivity index is 1.56. The van der Waals surface area contributed by atoms with Crippen molar-refractivity contribution in [2.45, 2.75) is 37.3 Å². The summed E-state index contributed by atoms with van der Waals surface area (Å²) >= 11 is 2.64. The fraction of sp³-hybridized carbons (Fsp3) is 0.263. The van der Waals surface area contributed by atoms with Crippen LogP contribution >= 0.6 is 23.1 Å². The monoisotopic (exact) mass is 415 g/mol. The molecule has 0 bridgehead atoms. The molecule has 0 aliphatic carbocycles. The second-order valence-corrected chi connectivity index (χ2v) is 9.10. The second-order valence-electron chi connectivity index (χ2n) is 6.53. The first-order valence-electron chi connectivity index (χ1n) is 8.64. The number of aryl methyl sites for hydroxylation is 1. The number of thioether (sulfide) groups is 1. The Morgan fingerprint density at radius 3 is 2.89 bits per heavy atom. The van der Waals surface area contributed by atoms with Crippen LogP contribution in [0, 0.1) is 6.92 Å². The molecule has 1 amide bonds. The zero-order valence-corrected chi connectivity index (χ0v) is 17.0. The van der Waals surface area contributed by atoms with E-state index in [2.05, 4.69) is 15.3 Å². The minimum atomic E-state index is -0.567. The molecule has 2 aromatic heterocycles. The SMILES string of the molecule is Cc1cc2c(=O)[nH]c(SC(C)C(=O)c3ccc4c(c3)NC(=O)C(C)O4)nc2s1. The van der Waals surface area contributed by atoms with Crippen molar-refractivity contribution < 1.29 is 14.3 Å². The maximum atomic E-state index is 12.8. The van der Waals surface area contributed by atoms with Crippen LogP contribution in [0.2, 0.25) is 0 Å². The van der Waals surface area contributed by atoms with Gasteiger partial charge in [0.2, 0.25) is 0 Å². The molecule has 7 nitrogen and oxygen atoms in total. The Morgan fingerprint density at radius 1 is 1.32 bits per heavy atom. The highest BCUT2D eigenvalue weighted by Gasteiger charge is 2.25. The van der Waals surface area contributed by atoms with E-state index < -0.39 is 11.4 Å². The summed E-state index contributed by atoms with van der Waals surface area (Å²) in [5, 5.41) is 3.24. The zero-order valence-electron chi connectivity index (χ0n) is 15.4. The number of hydrogen-bond acceptors (Lipinski definition) is 7. The van der Waals surface area contributed by atoms with Crippen molar-refractivity contribution in [3.8, 4) is 5.75 Å². The number of thiophene rings is 1. The van der Waals surface area contributed by atoms with E-state index in [1.54, 1.807) is 38.1 Å². The third-order valence-electron chi connectivity index (χ3n) is 4.36. The number of amides is 1. The number of carbonyl (C=O) groups is 2. The quantitative estimate of drug-likeness (QED) is 0.385. The minimum Gasteiger partial charge on any atom is -0.479 e. The predicted molar refractivity (Wildman–Crippen MR) is 110 cm³/mol. The average molecular weight is 415 g/mol. The van der Waals surface area contributed by atoms with E-state index in [-0.39, 0.29) is 17.2 Å². The molecule has 1 aromatic carbocycles. The Kier molecular flexibility index (Phi) is 4.72. The van der Waals surface area contributed by atoms with Crippen LogP contribution in [0.15, 0.2) is 34.2 Å². The van der Waals surface area contributed by atoms with Crippen LogP contribution in [0.1, 0.15) is 29.1 Å². The Labute approximate surface area is 168 Å². The number of fused-ring (bicyclic) bond motifs is 2. The van der Waals surface area contributed by atoms with Gasteiger partial charge in [0.25, 0.3) is 11.5 Å². The summed E-state index contributed by atoms with van der Waals surface area (Å²) in [5.41, 5.74) is 0.722. The highest BCUT2D eigenvalue weighted by atomic mass is 32.2. The summed E-state index contributed by atoms with van der Waals surface area (Å²) in [5.74, 6) is 0.153. The number of carbonyl (C=O) groups excluding carboxylic acids is 2. The molecular formula is C19H17N3O4S2. The molecule has 3 aromatic rings. The smallest absolute Gasteiger partial charge is 0.265 e. The number of ether oxygens (including phenoxy) is 1.